The summed E-state index contributed by atoms with van der Waals surface area (Å²) in [7, 11) is 0. The van der Waals surface area contributed by atoms with Gasteiger partial charge in [0.05, 0.1) is 17.6 Å². The minimum absolute atomic E-state index is 0.197. The number of halogens is 1. The second-order valence-corrected chi connectivity index (χ2v) is 5.45. The molecule has 1 aromatic heterocycles. The van der Waals surface area contributed by atoms with Crippen LogP contribution in [0.15, 0.2) is 16.9 Å². The quantitative estimate of drug-likeness (QED) is 0.809. The number of hydrogen-bond donors (Lipinski definition) is 1. The van der Waals surface area contributed by atoms with Crippen molar-refractivity contribution in [2.75, 3.05) is 19.0 Å². The van der Waals surface area contributed by atoms with Crippen LogP contribution in [0.1, 0.15) is 24.3 Å². The number of rotatable bonds is 2. The summed E-state index contributed by atoms with van der Waals surface area (Å²) in [6, 6.07) is 2.70. The Morgan fingerprint density at radius 2 is 2.37 bits per heavy atom. The van der Waals surface area contributed by atoms with Gasteiger partial charge in [0.1, 0.15) is 5.69 Å². The van der Waals surface area contributed by atoms with Gasteiger partial charge in [-0.15, -0.1) is 11.6 Å². The summed E-state index contributed by atoms with van der Waals surface area (Å²) in [5.74, 6) is 0.0921. The fourth-order valence-corrected chi connectivity index (χ4v) is 2.32. The highest BCUT2D eigenvalue weighted by Gasteiger charge is 2.35. The third kappa shape index (κ3) is 3.33. The number of alkyl halides is 1. The molecule has 104 valence electrons. The maximum Gasteiger partial charge on any atom is 0.274 e. The van der Waals surface area contributed by atoms with Crippen LogP contribution >= 0.6 is 11.6 Å². The zero-order chi connectivity index (χ0) is 14.0. The number of ether oxygens (including phenoxy) is 1. The van der Waals surface area contributed by atoms with Crippen molar-refractivity contribution < 1.29 is 9.53 Å². The molecule has 1 fully saturated rings. The third-order valence-corrected chi connectivity index (χ3v) is 3.18. The summed E-state index contributed by atoms with van der Waals surface area (Å²) in [5.41, 5.74) is -0.571. The molecule has 1 atom stereocenters. The second-order valence-electron chi connectivity index (χ2n) is 5.15. The van der Waals surface area contributed by atoms with Gasteiger partial charge in [-0.3, -0.25) is 9.59 Å². The Morgan fingerprint density at radius 1 is 1.63 bits per heavy atom. The van der Waals surface area contributed by atoms with E-state index in [0.717, 1.165) is 0 Å². The van der Waals surface area contributed by atoms with Crippen molar-refractivity contribution in [2.24, 2.45) is 0 Å². The lowest BCUT2D eigenvalue weighted by Gasteiger charge is -2.42. The molecule has 0 spiro atoms. The van der Waals surface area contributed by atoms with E-state index in [4.69, 9.17) is 16.3 Å². The lowest BCUT2D eigenvalue weighted by atomic mass is 10.1. The Kier molecular flexibility index (Phi) is 3.91. The maximum atomic E-state index is 12.3. The molecule has 0 radical (unpaired) electrons. The molecule has 1 amide bonds. The fraction of sp³-hybridized carbons (Fsp3) is 0.583. The van der Waals surface area contributed by atoms with Crippen LogP contribution in [-0.4, -0.2) is 51.7 Å². The number of nitrogens with zero attached hydrogens (tertiary/aromatic N) is 2. The number of H-pyrrole nitrogens is 1. The van der Waals surface area contributed by atoms with Gasteiger partial charge in [0.2, 0.25) is 0 Å². The Hall–Kier alpha value is -1.40. The second kappa shape index (κ2) is 5.30. The minimum Gasteiger partial charge on any atom is -0.367 e. The van der Waals surface area contributed by atoms with Crippen molar-refractivity contribution >= 4 is 17.5 Å². The molecule has 1 saturated heterocycles. The van der Waals surface area contributed by atoms with Crippen molar-refractivity contribution in [3.8, 4) is 0 Å². The third-order valence-electron chi connectivity index (χ3n) is 2.84. The minimum atomic E-state index is -0.449. The van der Waals surface area contributed by atoms with E-state index < -0.39 is 5.60 Å². The molecule has 7 heteroatoms. The SMILES string of the molecule is CC1(C)CN(C(=O)c2ccc(=O)[nH]n2)CC(CCl)O1. The molecular formula is C12H16ClN3O3. The molecule has 0 saturated carbocycles. The lowest BCUT2D eigenvalue weighted by Crippen LogP contribution is -2.55. The number of amides is 1. The summed E-state index contributed by atoms with van der Waals surface area (Å²) < 4.78 is 5.75. The van der Waals surface area contributed by atoms with E-state index >= 15 is 0 Å². The van der Waals surface area contributed by atoms with E-state index in [9.17, 15) is 9.59 Å². The van der Waals surface area contributed by atoms with Crippen molar-refractivity contribution in [2.45, 2.75) is 25.6 Å². The van der Waals surface area contributed by atoms with Crippen molar-refractivity contribution in [1.29, 1.82) is 0 Å². The molecule has 2 rings (SSSR count). The number of nitrogens with one attached hydrogen (secondary N) is 1. The van der Waals surface area contributed by atoms with E-state index in [-0.39, 0.29) is 23.3 Å². The number of carbonyl (C=O) groups excluding carboxylic acids is 1. The van der Waals surface area contributed by atoms with Gasteiger partial charge >= 0.3 is 0 Å². The van der Waals surface area contributed by atoms with Gasteiger partial charge in [-0.2, -0.15) is 5.10 Å². The predicted molar refractivity (Wildman–Crippen MR) is 70.4 cm³/mol. The fourth-order valence-electron chi connectivity index (χ4n) is 2.16. The molecule has 1 aliphatic heterocycles. The van der Waals surface area contributed by atoms with Crippen LogP contribution in [0.4, 0.5) is 0 Å². The highest BCUT2D eigenvalue weighted by molar-refractivity contribution is 6.18. The first-order valence-electron chi connectivity index (χ1n) is 6.00. The first-order valence-corrected chi connectivity index (χ1v) is 6.53. The van der Waals surface area contributed by atoms with Crippen LogP contribution in [0.3, 0.4) is 0 Å². The summed E-state index contributed by atoms with van der Waals surface area (Å²) >= 11 is 5.82. The first-order chi connectivity index (χ1) is 8.91. The molecule has 1 N–H and O–H groups in total. The lowest BCUT2D eigenvalue weighted by molar-refractivity contribution is -0.117. The Morgan fingerprint density at radius 3 is 2.95 bits per heavy atom. The smallest absolute Gasteiger partial charge is 0.274 e. The van der Waals surface area contributed by atoms with Gasteiger partial charge in [0, 0.05) is 19.2 Å². The topological polar surface area (TPSA) is 75.3 Å². The molecule has 1 unspecified atom stereocenters. The number of carbonyl (C=O) groups is 1. The highest BCUT2D eigenvalue weighted by Crippen LogP contribution is 2.22. The largest absolute Gasteiger partial charge is 0.367 e. The van der Waals surface area contributed by atoms with Crippen LogP contribution in [-0.2, 0) is 4.74 Å². The molecule has 2 heterocycles. The average Bonchev–Trinajstić information content (AvgIpc) is 2.37. The van der Waals surface area contributed by atoms with E-state index in [1.807, 2.05) is 13.8 Å². The molecular weight excluding hydrogens is 270 g/mol. The summed E-state index contributed by atoms with van der Waals surface area (Å²) in [4.78, 5) is 24.9. The normalized spacial score (nSPS) is 22.3. The van der Waals surface area contributed by atoms with Gasteiger partial charge in [-0.1, -0.05) is 0 Å². The van der Waals surface area contributed by atoms with Crippen LogP contribution in [0.25, 0.3) is 0 Å². The standard InChI is InChI=1S/C12H16ClN3O3/c1-12(2)7-16(6-8(5-13)19-12)11(18)9-3-4-10(17)15-14-9/h3-4,8H,5-7H2,1-2H3,(H,15,17). The number of morpholine rings is 1. The number of hydrogen-bond acceptors (Lipinski definition) is 4. The zero-order valence-corrected chi connectivity index (χ0v) is 11.6. The van der Waals surface area contributed by atoms with Gasteiger partial charge in [-0.25, -0.2) is 5.10 Å². The van der Waals surface area contributed by atoms with Gasteiger partial charge in [-0.05, 0) is 19.9 Å². The molecule has 0 aromatic carbocycles. The highest BCUT2D eigenvalue weighted by atomic mass is 35.5. The summed E-state index contributed by atoms with van der Waals surface area (Å²) in [6.45, 7) is 4.70. The van der Waals surface area contributed by atoms with Crippen LogP contribution in [0.2, 0.25) is 0 Å². The van der Waals surface area contributed by atoms with Crippen LogP contribution in [0.5, 0.6) is 0 Å². The van der Waals surface area contributed by atoms with Crippen molar-refractivity contribution in [1.82, 2.24) is 15.1 Å². The molecule has 6 nitrogen and oxygen atoms in total. The van der Waals surface area contributed by atoms with E-state index in [1.165, 1.54) is 12.1 Å². The Bertz CT molecular complexity index is 509. The van der Waals surface area contributed by atoms with Gasteiger partial charge in [0.15, 0.2) is 0 Å². The number of aromatic amines is 1. The van der Waals surface area contributed by atoms with Gasteiger partial charge < -0.3 is 9.64 Å². The molecule has 19 heavy (non-hydrogen) atoms. The average molecular weight is 286 g/mol. The summed E-state index contributed by atoms with van der Waals surface area (Å²) in [5, 5.41) is 6.00. The summed E-state index contributed by atoms with van der Waals surface area (Å²) in [6.07, 6.45) is -0.197. The molecule has 1 aliphatic rings. The first kappa shape index (κ1) is 14.0. The molecule has 0 aliphatic carbocycles. The van der Waals surface area contributed by atoms with Crippen molar-refractivity contribution in [3.63, 3.8) is 0 Å². The number of aromatic nitrogens is 2. The maximum absolute atomic E-state index is 12.3. The van der Waals surface area contributed by atoms with Crippen LogP contribution < -0.4 is 5.56 Å². The Balaban J connectivity index is 2.18. The van der Waals surface area contributed by atoms with Crippen LogP contribution in [0, 0.1) is 0 Å². The van der Waals surface area contributed by atoms with E-state index in [1.54, 1.807) is 4.90 Å². The monoisotopic (exact) mass is 285 g/mol. The van der Waals surface area contributed by atoms with E-state index in [0.29, 0.717) is 19.0 Å². The van der Waals surface area contributed by atoms with Gasteiger partial charge in [0.25, 0.3) is 11.5 Å². The zero-order valence-electron chi connectivity index (χ0n) is 10.9. The molecule has 0 bridgehead atoms. The Labute approximate surface area is 115 Å². The van der Waals surface area contributed by atoms with Crippen molar-refractivity contribution in [3.05, 3.63) is 28.2 Å². The van der Waals surface area contributed by atoms with E-state index in [2.05, 4.69) is 10.2 Å². The molecule has 1 aromatic rings. The predicted octanol–water partition coefficient (Wildman–Crippen LogP) is 0.628.